The highest BCUT2D eigenvalue weighted by Gasteiger charge is 2.77. The van der Waals surface area contributed by atoms with Gasteiger partial charge in [0.15, 0.2) is 11.6 Å². The first kappa shape index (κ1) is 34.8. The number of rotatable bonds is 3. The highest BCUT2D eigenvalue weighted by molar-refractivity contribution is 5.44. The van der Waals surface area contributed by atoms with Crippen molar-refractivity contribution in [1.82, 2.24) is 0 Å². The van der Waals surface area contributed by atoms with Gasteiger partial charge in [-0.1, -0.05) is 57.5 Å². The Kier molecular flexibility index (Phi) is 7.95. The molecule has 1 N–H and O–H groups in total. The lowest BCUT2D eigenvalue weighted by molar-refractivity contribution is -0.342. The van der Waals surface area contributed by atoms with Crippen LogP contribution in [0.4, 0.5) is 22.0 Å². The molecule has 1 aromatic carbocycles. The van der Waals surface area contributed by atoms with Crippen LogP contribution in [0, 0.1) is 28.1 Å². The first-order valence-electron chi connectivity index (χ1n) is 17.7. The van der Waals surface area contributed by atoms with Crippen molar-refractivity contribution in [3.05, 3.63) is 46.5 Å². The lowest BCUT2D eigenvalue weighted by atomic mass is 9.47. The first-order chi connectivity index (χ1) is 22.2. The fourth-order valence-corrected chi connectivity index (χ4v) is 10.5. The number of alkyl halides is 5. The molecule has 5 nitrogen and oxygen atoms in total. The van der Waals surface area contributed by atoms with E-state index < -0.39 is 46.0 Å². The minimum Gasteiger partial charge on any atom is -0.385 e. The molecule has 0 radical (unpaired) electrons. The van der Waals surface area contributed by atoms with Gasteiger partial charge in [0.25, 0.3) is 0 Å². The Bertz CT molecular complexity index is 1430. The Morgan fingerprint density at radius 2 is 1.38 bits per heavy atom. The quantitative estimate of drug-likeness (QED) is 0.255. The molecule has 0 aromatic heterocycles. The maximum absolute atomic E-state index is 15.7. The second-order valence-corrected chi connectivity index (χ2v) is 17.5. The van der Waals surface area contributed by atoms with E-state index in [4.69, 9.17) is 18.9 Å². The largest absolute Gasteiger partial charge is 0.453 e. The summed E-state index contributed by atoms with van der Waals surface area (Å²) in [5, 5.41) is 12.4. The van der Waals surface area contributed by atoms with E-state index in [9.17, 15) is 18.3 Å². The number of benzene rings is 1. The van der Waals surface area contributed by atoms with Crippen molar-refractivity contribution in [2.45, 2.75) is 134 Å². The zero-order valence-corrected chi connectivity index (χ0v) is 29.1. The monoisotopic (exact) mass is 682 g/mol. The number of fused-ring (bicyclic) bond motifs is 4. The summed E-state index contributed by atoms with van der Waals surface area (Å²) >= 11 is 0. The van der Waals surface area contributed by atoms with Gasteiger partial charge in [0.2, 0.25) is 0 Å². The van der Waals surface area contributed by atoms with Crippen LogP contribution >= 0.6 is 0 Å². The zero-order chi connectivity index (χ0) is 34.8. The molecule has 1 aromatic rings. The number of aliphatic hydroxyl groups is 1. The molecule has 2 heterocycles. The SMILES string of the molecule is CC1(C)COC2(CCC3=C4C(CCC3(O)C2)C2CCC(C)(C(F)(F)C(F)(F)F)C2(C)C[C@@H]4c2ccc(C3COC(C)(C)OC3)cc2)OC1. The summed E-state index contributed by atoms with van der Waals surface area (Å²) in [6.45, 7) is 12.8. The average molecular weight is 683 g/mol. The number of halogens is 5. The van der Waals surface area contributed by atoms with E-state index >= 15 is 8.78 Å². The summed E-state index contributed by atoms with van der Waals surface area (Å²) in [5.41, 5.74) is -0.999. The zero-order valence-electron chi connectivity index (χ0n) is 29.1. The molecule has 4 aliphatic carbocycles. The van der Waals surface area contributed by atoms with Gasteiger partial charge in [-0.2, -0.15) is 22.0 Å². The third kappa shape index (κ3) is 5.24. The molecule has 6 atom stereocenters. The van der Waals surface area contributed by atoms with Crippen LogP contribution < -0.4 is 0 Å². The number of hydrogen-bond donors (Lipinski definition) is 1. The molecule has 2 aliphatic heterocycles. The number of hydrogen-bond acceptors (Lipinski definition) is 5. The molecule has 0 bridgehead atoms. The van der Waals surface area contributed by atoms with E-state index in [-0.39, 0.29) is 42.4 Å². The predicted molar refractivity (Wildman–Crippen MR) is 169 cm³/mol. The van der Waals surface area contributed by atoms with Gasteiger partial charge in [0.05, 0.1) is 32.0 Å². The standard InChI is InChI=1S/C38H51F5O5/c1-31(2)21-47-36(48-22-31)16-13-29-30-26(11-15-35(29,44)20-36)28-12-14-34(6,37(39,40)38(41,42)43)33(28,5)17-27(30)24-9-7-23(8-10-24)25-18-45-32(3,4)46-19-25/h7-10,25-28,44H,11-22H2,1-6H3/t26?,27-,28?,33?,34?,35?/m1/s1. The van der Waals surface area contributed by atoms with Gasteiger partial charge in [0, 0.05) is 35.5 Å². The maximum atomic E-state index is 15.7. The van der Waals surface area contributed by atoms with Gasteiger partial charge in [0.1, 0.15) is 0 Å². The minimum atomic E-state index is -5.65. The van der Waals surface area contributed by atoms with E-state index in [1.807, 2.05) is 38.1 Å². The molecule has 3 saturated carbocycles. The highest BCUT2D eigenvalue weighted by Crippen LogP contribution is 2.74. The second kappa shape index (κ2) is 11.0. The van der Waals surface area contributed by atoms with Crippen molar-refractivity contribution in [3.63, 3.8) is 0 Å². The van der Waals surface area contributed by atoms with Gasteiger partial charge in [-0.3, -0.25) is 0 Å². The van der Waals surface area contributed by atoms with E-state index in [0.717, 1.165) is 22.3 Å². The van der Waals surface area contributed by atoms with Crippen LogP contribution in [0.3, 0.4) is 0 Å². The summed E-state index contributed by atoms with van der Waals surface area (Å²) in [6.07, 6.45) is -3.09. The van der Waals surface area contributed by atoms with Gasteiger partial charge >= 0.3 is 12.1 Å². The van der Waals surface area contributed by atoms with Crippen molar-refractivity contribution < 1.29 is 46.0 Å². The fraction of sp³-hybridized carbons (Fsp3) is 0.789. The van der Waals surface area contributed by atoms with Crippen LogP contribution in [0.2, 0.25) is 0 Å². The van der Waals surface area contributed by atoms with Crippen LogP contribution in [-0.2, 0) is 18.9 Å². The molecular weight excluding hydrogens is 631 g/mol. The Balaban J connectivity index is 1.29. The third-order valence-electron chi connectivity index (χ3n) is 13.6. The van der Waals surface area contributed by atoms with E-state index in [0.29, 0.717) is 58.5 Å². The predicted octanol–water partition coefficient (Wildman–Crippen LogP) is 9.05. The molecule has 1 spiro atoms. The van der Waals surface area contributed by atoms with Crippen molar-refractivity contribution in [1.29, 1.82) is 0 Å². The van der Waals surface area contributed by atoms with Crippen molar-refractivity contribution in [3.8, 4) is 0 Å². The third-order valence-corrected chi connectivity index (χ3v) is 13.6. The second-order valence-electron chi connectivity index (χ2n) is 17.5. The molecule has 268 valence electrons. The summed E-state index contributed by atoms with van der Waals surface area (Å²) in [4.78, 5) is 0. The van der Waals surface area contributed by atoms with E-state index in [1.165, 1.54) is 6.92 Å². The summed E-state index contributed by atoms with van der Waals surface area (Å²) in [5.74, 6) is -7.31. The molecule has 0 amide bonds. The Labute approximate surface area is 280 Å². The molecule has 6 aliphatic rings. The van der Waals surface area contributed by atoms with Crippen LogP contribution in [-0.4, -0.2) is 60.8 Å². The Hall–Kier alpha value is -1.59. The minimum absolute atomic E-state index is 0.0217. The smallest absolute Gasteiger partial charge is 0.385 e. The van der Waals surface area contributed by atoms with Crippen molar-refractivity contribution >= 4 is 0 Å². The molecule has 7 rings (SSSR count). The van der Waals surface area contributed by atoms with Crippen LogP contribution in [0.1, 0.15) is 116 Å². The Morgan fingerprint density at radius 3 is 1.98 bits per heavy atom. The number of ether oxygens (including phenoxy) is 4. The normalized spacial score (nSPS) is 39.5. The molecular formula is C38H51F5O5. The van der Waals surface area contributed by atoms with Crippen LogP contribution in [0.5, 0.6) is 0 Å². The maximum Gasteiger partial charge on any atom is 0.453 e. The van der Waals surface area contributed by atoms with Crippen LogP contribution in [0.25, 0.3) is 0 Å². The average Bonchev–Trinajstić information content (AvgIpc) is 3.29. The van der Waals surface area contributed by atoms with E-state index in [2.05, 4.69) is 13.8 Å². The summed E-state index contributed by atoms with van der Waals surface area (Å²) in [7, 11) is 0. The van der Waals surface area contributed by atoms with Gasteiger partial charge < -0.3 is 24.1 Å². The van der Waals surface area contributed by atoms with Crippen molar-refractivity contribution in [2.24, 2.45) is 28.1 Å². The number of allylic oxidation sites excluding steroid dienone is 1. The Morgan fingerprint density at radius 1 is 0.771 bits per heavy atom. The molecule has 10 heteroatoms. The van der Waals surface area contributed by atoms with Gasteiger partial charge in [-0.05, 0) is 86.3 Å². The van der Waals surface area contributed by atoms with Crippen molar-refractivity contribution in [2.75, 3.05) is 26.4 Å². The fourth-order valence-electron chi connectivity index (χ4n) is 10.5. The lowest BCUT2D eigenvalue weighted by Gasteiger charge is -2.59. The molecule has 2 saturated heterocycles. The highest BCUT2D eigenvalue weighted by atomic mass is 19.4. The van der Waals surface area contributed by atoms with Crippen LogP contribution in [0.15, 0.2) is 35.4 Å². The van der Waals surface area contributed by atoms with Gasteiger partial charge in [-0.25, -0.2) is 0 Å². The molecule has 5 fully saturated rings. The topological polar surface area (TPSA) is 57.2 Å². The summed E-state index contributed by atoms with van der Waals surface area (Å²) in [6, 6.07) is 8.01. The van der Waals surface area contributed by atoms with E-state index in [1.54, 1.807) is 6.92 Å². The van der Waals surface area contributed by atoms with Gasteiger partial charge in [-0.15, -0.1) is 0 Å². The molecule has 48 heavy (non-hydrogen) atoms. The first-order valence-corrected chi connectivity index (χ1v) is 17.7. The lowest BCUT2D eigenvalue weighted by Crippen LogP contribution is -2.60. The summed E-state index contributed by atoms with van der Waals surface area (Å²) < 4.78 is 98.2. The molecule has 5 unspecified atom stereocenters.